The van der Waals surface area contributed by atoms with Crippen LogP contribution in [0.3, 0.4) is 0 Å². The van der Waals surface area contributed by atoms with Crippen molar-refractivity contribution in [1.29, 1.82) is 5.26 Å². The summed E-state index contributed by atoms with van der Waals surface area (Å²) in [7, 11) is 1.60. The lowest BCUT2D eigenvalue weighted by Gasteiger charge is -2.12. The number of nitrogens with zero attached hydrogens (tertiary/aromatic N) is 4. The molecular formula is C14H17N5OS. The van der Waals surface area contributed by atoms with Crippen LogP contribution in [0.25, 0.3) is 0 Å². The zero-order valence-electron chi connectivity index (χ0n) is 12.2. The number of hydrogen-bond donors (Lipinski definition) is 1. The minimum absolute atomic E-state index is 0.199. The second kappa shape index (κ2) is 6.50. The van der Waals surface area contributed by atoms with E-state index in [1.807, 2.05) is 24.5 Å². The molecule has 1 aromatic carbocycles. The van der Waals surface area contributed by atoms with Crippen LogP contribution in [0.5, 0.6) is 5.75 Å². The zero-order valence-corrected chi connectivity index (χ0v) is 13.0. The Bertz CT molecular complexity index is 674. The number of hydrogen-bond acceptors (Lipinski definition) is 6. The van der Waals surface area contributed by atoms with E-state index in [4.69, 9.17) is 15.7 Å². The summed E-state index contributed by atoms with van der Waals surface area (Å²) in [4.78, 5) is 0. The molecule has 0 fully saturated rings. The highest BCUT2D eigenvalue weighted by Gasteiger charge is 2.14. The normalized spacial score (nSPS) is 10.6. The van der Waals surface area contributed by atoms with Gasteiger partial charge in [0.15, 0.2) is 5.16 Å². The SMILES string of the molecule is COc1cc(C#N)ccc1CSc1nnc(N)n1C(C)C. The molecule has 0 aliphatic heterocycles. The van der Waals surface area contributed by atoms with Gasteiger partial charge in [0.1, 0.15) is 5.75 Å². The van der Waals surface area contributed by atoms with Gasteiger partial charge in [-0.15, -0.1) is 10.2 Å². The summed E-state index contributed by atoms with van der Waals surface area (Å²) in [5.74, 6) is 1.78. The molecule has 0 aliphatic rings. The Balaban J connectivity index is 2.19. The predicted molar refractivity (Wildman–Crippen MR) is 82.1 cm³/mol. The fourth-order valence-corrected chi connectivity index (χ4v) is 3.01. The molecule has 2 aromatic rings. The molecule has 0 radical (unpaired) electrons. The van der Waals surface area contributed by atoms with Gasteiger partial charge in [-0.25, -0.2) is 0 Å². The van der Waals surface area contributed by atoms with E-state index in [1.54, 1.807) is 19.2 Å². The van der Waals surface area contributed by atoms with Crippen LogP contribution < -0.4 is 10.5 Å². The summed E-state index contributed by atoms with van der Waals surface area (Å²) in [6, 6.07) is 7.70. The molecule has 0 saturated heterocycles. The number of benzene rings is 1. The van der Waals surface area contributed by atoms with E-state index in [1.165, 1.54) is 11.8 Å². The highest BCUT2D eigenvalue weighted by molar-refractivity contribution is 7.98. The van der Waals surface area contributed by atoms with E-state index < -0.39 is 0 Å². The zero-order chi connectivity index (χ0) is 15.4. The number of aromatic nitrogens is 3. The van der Waals surface area contributed by atoms with Gasteiger partial charge in [-0.05, 0) is 26.0 Å². The topological polar surface area (TPSA) is 89.8 Å². The van der Waals surface area contributed by atoms with Crippen molar-refractivity contribution in [3.63, 3.8) is 0 Å². The molecule has 2 rings (SSSR count). The maximum absolute atomic E-state index is 8.91. The lowest BCUT2D eigenvalue weighted by molar-refractivity contribution is 0.411. The number of ether oxygens (including phenoxy) is 1. The van der Waals surface area contributed by atoms with Gasteiger partial charge in [0, 0.05) is 17.4 Å². The minimum Gasteiger partial charge on any atom is -0.496 e. The second-order valence-corrected chi connectivity index (χ2v) is 5.67. The third-order valence-corrected chi connectivity index (χ3v) is 3.97. The van der Waals surface area contributed by atoms with E-state index in [-0.39, 0.29) is 6.04 Å². The fraction of sp³-hybridized carbons (Fsp3) is 0.357. The lowest BCUT2D eigenvalue weighted by atomic mass is 10.1. The Morgan fingerprint density at radius 3 is 2.81 bits per heavy atom. The Kier molecular flexibility index (Phi) is 4.70. The number of anilines is 1. The van der Waals surface area contributed by atoms with Crippen molar-refractivity contribution in [2.24, 2.45) is 0 Å². The third kappa shape index (κ3) is 3.28. The van der Waals surface area contributed by atoms with E-state index in [0.29, 0.717) is 23.0 Å². The van der Waals surface area contributed by atoms with Crippen LogP contribution in [0.4, 0.5) is 5.95 Å². The maximum atomic E-state index is 8.91. The van der Waals surface area contributed by atoms with Gasteiger partial charge >= 0.3 is 0 Å². The van der Waals surface area contributed by atoms with Crippen molar-refractivity contribution < 1.29 is 4.74 Å². The number of nitrogens with two attached hydrogens (primary N) is 1. The van der Waals surface area contributed by atoms with Crippen molar-refractivity contribution in [2.45, 2.75) is 30.8 Å². The second-order valence-electron chi connectivity index (χ2n) is 4.73. The molecule has 6 nitrogen and oxygen atoms in total. The lowest BCUT2D eigenvalue weighted by Crippen LogP contribution is -2.07. The quantitative estimate of drug-likeness (QED) is 0.854. The van der Waals surface area contributed by atoms with Crippen LogP contribution in [-0.4, -0.2) is 21.9 Å². The Morgan fingerprint density at radius 1 is 1.43 bits per heavy atom. The first-order valence-corrected chi connectivity index (χ1v) is 7.45. The van der Waals surface area contributed by atoms with Gasteiger partial charge in [-0.1, -0.05) is 17.8 Å². The Hall–Kier alpha value is -2.20. The standard InChI is InChI=1S/C14H17N5OS/c1-9(2)19-13(16)17-18-14(19)21-8-11-5-4-10(7-15)6-12(11)20-3/h4-6,9H,8H2,1-3H3,(H2,16,17). The summed E-state index contributed by atoms with van der Waals surface area (Å²) in [6.07, 6.45) is 0. The van der Waals surface area contributed by atoms with Gasteiger partial charge in [0.05, 0.1) is 18.7 Å². The Morgan fingerprint density at radius 2 is 2.19 bits per heavy atom. The third-order valence-electron chi connectivity index (χ3n) is 2.98. The molecular weight excluding hydrogens is 286 g/mol. The van der Waals surface area contributed by atoms with Gasteiger partial charge in [-0.3, -0.25) is 4.57 Å². The largest absolute Gasteiger partial charge is 0.496 e. The van der Waals surface area contributed by atoms with E-state index in [2.05, 4.69) is 16.3 Å². The maximum Gasteiger partial charge on any atom is 0.222 e. The fourth-order valence-electron chi connectivity index (χ4n) is 1.95. The molecule has 110 valence electrons. The van der Waals surface area contributed by atoms with Gasteiger partial charge < -0.3 is 10.5 Å². The van der Waals surface area contributed by atoms with Crippen molar-refractivity contribution in [3.05, 3.63) is 29.3 Å². The average molecular weight is 303 g/mol. The first-order valence-electron chi connectivity index (χ1n) is 6.47. The van der Waals surface area contributed by atoms with Crippen molar-refractivity contribution in [1.82, 2.24) is 14.8 Å². The van der Waals surface area contributed by atoms with E-state index in [0.717, 1.165) is 10.7 Å². The number of methoxy groups -OCH3 is 1. The summed E-state index contributed by atoms with van der Waals surface area (Å²) < 4.78 is 7.22. The Labute approximate surface area is 127 Å². The molecule has 7 heteroatoms. The van der Waals surface area contributed by atoms with Crippen molar-refractivity contribution in [2.75, 3.05) is 12.8 Å². The monoisotopic (exact) mass is 303 g/mol. The number of nitriles is 1. The first kappa shape index (κ1) is 15.2. The molecule has 21 heavy (non-hydrogen) atoms. The number of rotatable bonds is 5. The first-order chi connectivity index (χ1) is 10.1. The van der Waals surface area contributed by atoms with E-state index in [9.17, 15) is 0 Å². The smallest absolute Gasteiger partial charge is 0.222 e. The van der Waals surface area contributed by atoms with Gasteiger partial charge in [-0.2, -0.15) is 5.26 Å². The number of nitrogen functional groups attached to an aromatic ring is 1. The number of thioether (sulfide) groups is 1. The minimum atomic E-state index is 0.199. The molecule has 0 atom stereocenters. The van der Waals surface area contributed by atoms with Crippen molar-refractivity contribution in [3.8, 4) is 11.8 Å². The van der Waals surface area contributed by atoms with Crippen LogP contribution >= 0.6 is 11.8 Å². The summed E-state index contributed by atoms with van der Waals surface area (Å²) in [6.45, 7) is 4.07. The highest BCUT2D eigenvalue weighted by Crippen LogP contribution is 2.30. The van der Waals surface area contributed by atoms with Crippen LogP contribution in [0.1, 0.15) is 31.0 Å². The molecule has 1 heterocycles. The molecule has 0 unspecified atom stereocenters. The average Bonchev–Trinajstić information content (AvgIpc) is 2.85. The van der Waals surface area contributed by atoms with Gasteiger partial charge in [0.2, 0.25) is 5.95 Å². The molecule has 1 aromatic heterocycles. The molecule has 0 spiro atoms. The highest BCUT2D eigenvalue weighted by atomic mass is 32.2. The predicted octanol–water partition coefficient (Wildman–Crippen LogP) is 2.61. The molecule has 0 bridgehead atoms. The van der Waals surface area contributed by atoms with Crippen LogP contribution in [0.15, 0.2) is 23.4 Å². The molecule has 0 amide bonds. The molecule has 2 N–H and O–H groups in total. The van der Waals surface area contributed by atoms with Crippen LogP contribution in [-0.2, 0) is 5.75 Å². The van der Waals surface area contributed by atoms with E-state index >= 15 is 0 Å². The summed E-state index contributed by atoms with van der Waals surface area (Å²) >= 11 is 1.54. The van der Waals surface area contributed by atoms with Gasteiger partial charge in [0.25, 0.3) is 0 Å². The molecule has 0 saturated carbocycles. The molecule has 0 aliphatic carbocycles. The summed E-state index contributed by atoms with van der Waals surface area (Å²) in [5, 5.41) is 17.7. The van der Waals surface area contributed by atoms with Crippen molar-refractivity contribution >= 4 is 17.7 Å². The van der Waals surface area contributed by atoms with Crippen LogP contribution in [0, 0.1) is 11.3 Å². The summed E-state index contributed by atoms with van der Waals surface area (Å²) in [5.41, 5.74) is 7.40. The van der Waals surface area contributed by atoms with Crippen LogP contribution in [0.2, 0.25) is 0 Å².